The van der Waals surface area contributed by atoms with Crippen LogP contribution in [0, 0.1) is 0 Å². The monoisotopic (exact) mass is 322 g/mol. The van der Waals surface area contributed by atoms with Gasteiger partial charge in [-0.25, -0.2) is 0 Å². The van der Waals surface area contributed by atoms with Crippen LogP contribution in [0.5, 0.6) is 0 Å². The number of rotatable bonds is 14. The van der Waals surface area contributed by atoms with Crippen LogP contribution in [0.25, 0.3) is 0 Å². The lowest BCUT2D eigenvalue weighted by Gasteiger charge is -2.01. The molecular weight excluding hydrogens is 288 g/mol. The predicted octanol–water partition coefficient (Wildman–Crippen LogP) is 5.11. The smallest absolute Gasteiger partial charge is 0.305 e. The number of hydrogen-bond acceptors (Lipinski definition) is 3. The van der Waals surface area contributed by atoms with Crippen LogP contribution in [-0.4, -0.2) is 23.8 Å². The van der Waals surface area contributed by atoms with Gasteiger partial charge in [0.15, 0.2) is 0 Å². The fraction of sp³-hybridized carbons (Fsp3) is 0.650. The molecule has 0 aliphatic rings. The second kappa shape index (κ2) is 17.0. The van der Waals surface area contributed by atoms with Crippen molar-refractivity contribution >= 4 is 5.97 Å². The molecule has 0 fully saturated rings. The number of aliphatic hydroxyl groups is 1. The summed E-state index contributed by atoms with van der Waals surface area (Å²) in [5, 5.41) is 9.67. The molecule has 0 saturated heterocycles. The topological polar surface area (TPSA) is 46.5 Å². The molecule has 3 heteroatoms. The number of hydrogen-bond donors (Lipinski definition) is 1. The van der Waals surface area contributed by atoms with Crippen LogP contribution in [-0.2, 0) is 9.53 Å². The summed E-state index contributed by atoms with van der Waals surface area (Å²) in [5.41, 5.74) is 0. The van der Waals surface area contributed by atoms with Gasteiger partial charge in [0.1, 0.15) is 0 Å². The molecule has 0 amide bonds. The molecule has 0 spiro atoms. The number of carbonyl (C=O) groups is 1. The third-order valence-electron chi connectivity index (χ3n) is 3.42. The van der Waals surface area contributed by atoms with E-state index in [1.165, 1.54) is 19.3 Å². The highest BCUT2D eigenvalue weighted by molar-refractivity contribution is 5.69. The summed E-state index contributed by atoms with van der Waals surface area (Å²) < 4.78 is 4.89. The zero-order chi connectivity index (χ0) is 17.2. The van der Waals surface area contributed by atoms with Crippen LogP contribution in [0.15, 0.2) is 36.5 Å². The first-order valence-electron chi connectivity index (χ1n) is 9.02. The Morgan fingerprint density at radius 3 is 2.48 bits per heavy atom. The third kappa shape index (κ3) is 16.8. The minimum atomic E-state index is -0.387. The van der Waals surface area contributed by atoms with Crippen molar-refractivity contribution in [1.29, 1.82) is 0 Å². The van der Waals surface area contributed by atoms with E-state index >= 15 is 0 Å². The van der Waals surface area contributed by atoms with Gasteiger partial charge < -0.3 is 9.84 Å². The number of allylic oxidation sites excluding steroid dienone is 4. The van der Waals surface area contributed by atoms with E-state index in [0.717, 1.165) is 25.7 Å². The molecule has 0 aromatic carbocycles. The predicted molar refractivity (Wildman–Crippen MR) is 97.3 cm³/mol. The Labute approximate surface area is 142 Å². The summed E-state index contributed by atoms with van der Waals surface area (Å²) in [6.07, 6.45) is 20.5. The molecule has 0 aromatic heterocycles. The maximum Gasteiger partial charge on any atom is 0.305 e. The number of esters is 1. The van der Waals surface area contributed by atoms with Crippen LogP contribution in [0.2, 0.25) is 0 Å². The number of carbonyl (C=O) groups excluding carboxylic acids is 1. The summed E-state index contributed by atoms with van der Waals surface area (Å²) >= 11 is 0. The van der Waals surface area contributed by atoms with E-state index in [1.807, 2.05) is 31.2 Å². The van der Waals surface area contributed by atoms with E-state index in [2.05, 4.69) is 19.1 Å². The molecule has 0 aromatic rings. The molecule has 0 heterocycles. The van der Waals surface area contributed by atoms with Gasteiger partial charge in [0.25, 0.3) is 0 Å². The minimum Gasteiger partial charge on any atom is -0.466 e. The van der Waals surface area contributed by atoms with Crippen LogP contribution in [0.4, 0.5) is 0 Å². The maximum absolute atomic E-state index is 11.1. The molecule has 23 heavy (non-hydrogen) atoms. The van der Waals surface area contributed by atoms with Crippen LogP contribution < -0.4 is 0 Å². The zero-order valence-corrected chi connectivity index (χ0v) is 14.9. The zero-order valence-electron chi connectivity index (χ0n) is 14.9. The van der Waals surface area contributed by atoms with E-state index in [4.69, 9.17) is 4.74 Å². The highest BCUT2D eigenvalue weighted by Crippen LogP contribution is 2.08. The molecule has 0 rings (SSSR count). The van der Waals surface area contributed by atoms with Gasteiger partial charge in [0.2, 0.25) is 0 Å². The molecule has 1 unspecified atom stereocenters. The molecular formula is C20H34O3. The molecule has 1 N–H and O–H groups in total. The fourth-order valence-corrected chi connectivity index (χ4v) is 2.14. The molecule has 3 nitrogen and oxygen atoms in total. The summed E-state index contributed by atoms with van der Waals surface area (Å²) in [6.45, 7) is 4.40. The Balaban J connectivity index is 3.43. The normalized spacial score (nSPS) is 13.3. The van der Waals surface area contributed by atoms with Crippen LogP contribution in [0.3, 0.4) is 0 Å². The lowest BCUT2D eigenvalue weighted by atomic mass is 10.1. The standard InChI is InChI=1S/C20H34O3/c1-3-5-13-16-19(21)17-14-11-9-7-6-8-10-12-15-18-20(22)23-4-2/h5,9,11,13-14,17,19,21H,3-4,6-8,10,12,15-16,18H2,1-2H3/b11-9-,13-5-,17-14+. The Kier molecular flexibility index (Phi) is 16.0. The first-order valence-corrected chi connectivity index (χ1v) is 9.02. The number of aliphatic hydroxyl groups excluding tert-OH is 1. The summed E-state index contributed by atoms with van der Waals surface area (Å²) in [7, 11) is 0. The number of ether oxygens (including phenoxy) is 1. The highest BCUT2D eigenvalue weighted by atomic mass is 16.5. The van der Waals surface area contributed by atoms with Gasteiger partial charge in [-0.1, -0.05) is 62.6 Å². The van der Waals surface area contributed by atoms with E-state index in [0.29, 0.717) is 19.4 Å². The van der Waals surface area contributed by atoms with Crippen molar-refractivity contribution in [2.45, 2.75) is 77.7 Å². The average molecular weight is 322 g/mol. The van der Waals surface area contributed by atoms with Crippen molar-refractivity contribution in [1.82, 2.24) is 0 Å². The van der Waals surface area contributed by atoms with Crippen molar-refractivity contribution in [2.75, 3.05) is 6.61 Å². The Hall–Kier alpha value is -1.35. The van der Waals surface area contributed by atoms with Crippen molar-refractivity contribution in [3.05, 3.63) is 36.5 Å². The first-order chi connectivity index (χ1) is 11.2. The van der Waals surface area contributed by atoms with Crippen molar-refractivity contribution in [3.8, 4) is 0 Å². The van der Waals surface area contributed by atoms with Crippen molar-refractivity contribution < 1.29 is 14.6 Å². The molecule has 0 bridgehead atoms. The van der Waals surface area contributed by atoms with Crippen LogP contribution >= 0.6 is 0 Å². The third-order valence-corrected chi connectivity index (χ3v) is 3.42. The second-order valence-electron chi connectivity index (χ2n) is 5.61. The highest BCUT2D eigenvalue weighted by Gasteiger charge is 2.00. The van der Waals surface area contributed by atoms with Crippen molar-refractivity contribution in [2.24, 2.45) is 0 Å². The lowest BCUT2D eigenvalue weighted by Crippen LogP contribution is -2.03. The second-order valence-corrected chi connectivity index (χ2v) is 5.61. The van der Waals surface area contributed by atoms with Gasteiger partial charge in [-0.05, 0) is 39.0 Å². The maximum atomic E-state index is 11.1. The molecule has 1 atom stereocenters. The minimum absolute atomic E-state index is 0.0745. The SMILES string of the molecule is CC/C=C\CC(O)/C=C/C=C\CCCCCCCC(=O)OCC. The van der Waals surface area contributed by atoms with E-state index in [-0.39, 0.29) is 12.1 Å². The Morgan fingerprint density at radius 1 is 1.00 bits per heavy atom. The van der Waals surface area contributed by atoms with Gasteiger partial charge in [-0.2, -0.15) is 0 Å². The first kappa shape index (κ1) is 21.6. The fourth-order valence-electron chi connectivity index (χ4n) is 2.14. The summed E-state index contributed by atoms with van der Waals surface area (Å²) in [6, 6.07) is 0. The Bertz CT molecular complexity index is 356. The molecule has 0 aliphatic heterocycles. The molecule has 0 radical (unpaired) electrons. The van der Waals surface area contributed by atoms with Crippen molar-refractivity contribution in [3.63, 3.8) is 0 Å². The largest absolute Gasteiger partial charge is 0.466 e. The summed E-state index contributed by atoms with van der Waals surface area (Å²) in [4.78, 5) is 11.1. The van der Waals surface area contributed by atoms with Gasteiger partial charge >= 0.3 is 5.97 Å². The van der Waals surface area contributed by atoms with E-state index in [1.54, 1.807) is 0 Å². The quantitative estimate of drug-likeness (QED) is 0.209. The van der Waals surface area contributed by atoms with Gasteiger partial charge in [-0.3, -0.25) is 4.79 Å². The molecule has 132 valence electrons. The van der Waals surface area contributed by atoms with Gasteiger partial charge in [-0.15, -0.1) is 0 Å². The molecule has 0 aliphatic carbocycles. The van der Waals surface area contributed by atoms with Crippen LogP contribution in [0.1, 0.15) is 71.6 Å². The van der Waals surface area contributed by atoms with Gasteiger partial charge in [0.05, 0.1) is 12.7 Å². The van der Waals surface area contributed by atoms with Gasteiger partial charge in [0, 0.05) is 6.42 Å². The Morgan fingerprint density at radius 2 is 1.74 bits per heavy atom. The summed E-state index contributed by atoms with van der Waals surface area (Å²) in [5.74, 6) is -0.0745. The average Bonchev–Trinajstić information content (AvgIpc) is 2.53. The lowest BCUT2D eigenvalue weighted by molar-refractivity contribution is -0.143. The number of unbranched alkanes of at least 4 members (excludes halogenated alkanes) is 5. The van der Waals surface area contributed by atoms with E-state index < -0.39 is 0 Å². The molecule has 0 saturated carbocycles. The van der Waals surface area contributed by atoms with E-state index in [9.17, 15) is 9.90 Å².